The second-order valence-corrected chi connectivity index (χ2v) is 8.80. The molecule has 1 radical (unpaired) electrons. The Bertz CT molecular complexity index is 390. The summed E-state index contributed by atoms with van der Waals surface area (Å²) in [5, 5.41) is 12.6. The summed E-state index contributed by atoms with van der Waals surface area (Å²) in [6, 6.07) is 4.24. The summed E-state index contributed by atoms with van der Waals surface area (Å²) >= 11 is 5.37. The topological polar surface area (TPSA) is 19.9 Å². The summed E-state index contributed by atoms with van der Waals surface area (Å²) in [6.45, 7) is 6.61. The summed E-state index contributed by atoms with van der Waals surface area (Å²) in [5.74, 6) is 3.50. The van der Waals surface area contributed by atoms with Gasteiger partial charge in [0.2, 0.25) is 5.75 Å². The highest BCUT2D eigenvalue weighted by Crippen LogP contribution is 2.41. The SMILES string of the molecule is CCCCSc1cc(SCCCC)c([O])c(SCCCC)c1. The van der Waals surface area contributed by atoms with Crippen molar-refractivity contribution < 1.29 is 5.11 Å². The van der Waals surface area contributed by atoms with Crippen LogP contribution in [0.1, 0.15) is 59.3 Å². The molecule has 0 amide bonds. The standard InChI is InChI=1S/C18H29OS3/c1-4-7-10-20-15-13-16(21-11-8-5-2)18(19)17(14-15)22-12-9-6-3/h13-14H,4-12H2,1-3H3. The van der Waals surface area contributed by atoms with Crippen molar-refractivity contribution in [3.8, 4) is 5.75 Å². The van der Waals surface area contributed by atoms with Crippen LogP contribution in [-0.4, -0.2) is 17.3 Å². The van der Waals surface area contributed by atoms with Gasteiger partial charge in [0.1, 0.15) is 0 Å². The van der Waals surface area contributed by atoms with Gasteiger partial charge in [-0.3, -0.25) is 5.11 Å². The highest BCUT2D eigenvalue weighted by atomic mass is 32.2. The molecule has 1 rings (SSSR count). The van der Waals surface area contributed by atoms with E-state index < -0.39 is 0 Å². The number of unbranched alkanes of at least 4 members (excludes halogenated alkanes) is 3. The molecular formula is C18H29OS3. The Morgan fingerprint density at radius 3 is 1.55 bits per heavy atom. The minimum atomic E-state index is 0.252. The van der Waals surface area contributed by atoms with Crippen LogP contribution in [0.15, 0.2) is 26.8 Å². The van der Waals surface area contributed by atoms with Crippen molar-refractivity contribution in [3.63, 3.8) is 0 Å². The molecule has 0 heterocycles. The first-order chi connectivity index (χ1) is 10.7. The Hall–Kier alpha value is 0.0700. The van der Waals surface area contributed by atoms with Gasteiger partial charge >= 0.3 is 0 Å². The van der Waals surface area contributed by atoms with Crippen LogP contribution in [0, 0.1) is 0 Å². The molecule has 0 fully saturated rings. The molecule has 0 aliphatic carbocycles. The van der Waals surface area contributed by atoms with E-state index >= 15 is 0 Å². The van der Waals surface area contributed by atoms with Gasteiger partial charge in [0, 0.05) is 4.90 Å². The number of thioether (sulfide) groups is 3. The molecule has 0 saturated carbocycles. The fourth-order valence-corrected chi connectivity index (χ4v) is 5.33. The quantitative estimate of drug-likeness (QED) is 0.285. The van der Waals surface area contributed by atoms with Gasteiger partial charge in [-0.15, -0.1) is 35.3 Å². The first-order valence-electron chi connectivity index (χ1n) is 8.46. The minimum absolute atomic E-state index is 0.252. The monoisotopic (exact) mass is 357 g/mol. The maximum Gasteiger partial charge on any atom is 0.205 e. The number of rotatable bonds is 12. The molecule has 22 heavy (non-hydrogen) atoms. The summed E-state index contributed by atoms with van der Waals surface area (Å²) in [6.07, 6.45) is 7.18. The van der Waals surface area contributed by atoms with E-state index in [0.717, 1.165) is 27.0 Å². The van der Waals surface area contributed by atoms with E-state index in [1.54, 1.807) is 23.5 Å². The van der Waals surface area contributed by atoms with Gasteiger partial charge in [0.15, 0.2) is 0 Å². The lowest BCUT2D eigenvalue weighted by Crippen LogP contribution is -1.87. The van der Waals surface area contributed by atoms with Crippen LogP contribution in [0.25, 0.3) is 0 Å². The third-order valence-electron chi connectivity index (χ3n) is 3.27. The molecule has 0 saturated heterocycles. The Kier molecular flexibility index (Phi) is 11.4. The molecule has 4 heteroatoms. The van der Waals surface area contributed by atoms with Gasteiger partial charge in [0.05, 0.1) is 9.79 Å². The molecule has 0 atom stereocenters. The molecule has 1 aromatic carbocycles. The van der Waals surface area contributed by atoms with Crippen molar-refractivity contribution in [1.82, 2.24) is 0 Å². The zero-order chi connectivity index (χ0) is 16.2. The Balaban J connectivity index is 2.81. The van der Waals surface area contributed by atoms with Crippen LogP contribution in [0.2, 0.25) is 0 Å². The van der Waals surface area contributed by atoms with Crippen LogP contribution in [0.3, 0.4) is 0 Å². The summed E-state index contributed by atoms with van der Waals surface area (Å²) in [7, 11) is 0. The largest absolute Gasteiger partial charge is 0.287 e. The lowest BCUT2D eigenvalue weighted by molar-refractivity contribution is 0.333. The first kappa shape index (κ1) is 20.1. The molecular weight excluding hydrogens is 328 g/mol. The highest BCUT2D eigenvalue weighted by Gasteiger charge is 2.13. The zero-order valence-corrected chi connectivity index (χ0v) is 16.6. The molecule has 0 aromatic heterocycles. The van der Waals surface area contributed by atoms with E-state index in [-0.39, 0.29) is 5.75 Å². The highest BCUT2D eigenvalue weighted by molar-refractivity contribution is 8.01. The van der Waals surface area contributed by atoms with E-state index in [1.807, 2.05) is 11.8 Å². The molecule has 0 unspecified atom stereocenters. The average molecular weight is 358 g/mol. The lowest BCUT2D eigenvalue weighted by atomic mass is 10.3. The second kappa shape index (κ2) is 12.5. The fraction of sp³-hybridized carbons (Fsp3) is 0.667. The normalized spacial score (nSPS) is 11.0. The van der Waals surface area contributed by atoms with E-state index in [0.29, 0.717) is 0 Å². The summed E-state index contributed by atoms with van der Waals surface area (Å²) in [4.78, 5) is 3.17. The van der Waals surface area contributed by atoms with Crippen molar-refractivity contribution in [2.24, 2.45) is 0 Å². The second-order valence-electron chi connectivity index (χ2n) is 5.35. The van der Waals surface area contributed by atoms with Gasteiger partial charge in [0.25, 0.3) is 0 Å². The van der Waals surface area contributed by atoms with Gasteiger partial charge in [-0.2, -0.15) is 0 Å². The van der Waals surface area contributed by atoms with E-state index in [1.165, 1.54) is 43.4 Å². The van der Waals surface area contributed by atoms with Gasteiger partial charge < -0.3 is 0 Å². The number of hydrogen-bond donors (Lipinski definition) is 0. The van der Waals surface area contributed by atoms with Crippen LogP contribution in [0.4, 0.5) is 0 Å². The number of benzene rings is 1. The first-order valence-corrected chi connectivity index (χ1v) is 11.4. The Morgan fingerprint density at radius 1 is 0.727 bits per heavy atom. The van der Waals surface area contributed by atoms with Crippen molar-refractivity contribution in [3.05, 3.63) is 12.1 Å². The maximum atomic E-state index is 12.6. The van der Waals surface area contributed by atoms with Crippen molar-refractivity contribution >= 4 is 35.3 Å². The maximum absolute atomic E-state index is 12.6. The summed E-state index contributed by atoms with van der Waals surface area (Å²) < 4.78 is 0. The lowest BCUT2D eigenvalue weighted by Gasteiger charge is -2.11. The zero-order valence-electron chi connectivity index (χ0n) is 14.2. The Morgan fingerprint density at radius 2 is 1.14 bits per heavy atom. The molecule has 0 bridgehead atoms. The van der Waals surface area contributed by atoms with E-state index in [4.69, 9.17) is 0 Å². The predicted octanol–water partition coefficient (Wildman–Crippen LogP) is 7.51. The van der Waals surface area contributed by atoms with Gasteiger partial charge in [-0.25, -0.2) is 0 Å². The minimum Gasteiger partial charge on any atom is -0.287 e. The van der Waals surface area contributed by atoms with Crippen molar-refractivity contribution in [2.45, 2.75) is 74.0 Å². The molecule has 0 N–H and O–H groups in total. The molecule has 0 spiro atoms. The van der Waals surface area contributed by atoms with Crippen LogP contribution in [0.5, 0.6) is 5.75 Å². The average Bonchev–Trinajstić information content (AvgIpc) is 2.52. The molecule has 1 nitrogen and oxygen atoms in total. The van der Waals surface area contributed by atoms with E-state index in [2.05, 4.69) is 32.9 Å². The molecule has 125 valence electrons. The predicted molar refractivity (Wildman–Crippen MR) is 103 cm³/mol. The number of hydrogen-bond acceptors (Lipinski definition) is 3. The van der Waals surface area contributed by atoms with Gasteiger partial charge in [-0.1, -0.05) is 40.0 Å². The molecule has 1 aromatic rings. The van der Waals surface area contributed by atoms with Crippen molar-refractivity contribution in [1.29, 1.82) is 0 Å². The van der Waals surface area contributed by atoms with Crippen LogP contribution >= 0.6 is 35.3 Å². The smallest absolute Gasteiger partial charge is 0.205 e. The molecule has 0 aliphatic rings. The van der Waals surface area contributed by atoms with Gasteiger partial charge in [-0.05, 0) is 48.7 Å². The van der Waals surface area contributed by atoms with Crippen LogP contribution < -0.4 is 0 Å². The van der Waals surface area contributed by atoms with Crippen molar-refractivity contribution in [2.75, 3.05) is 17.3 Å². The third-order valence-corrected chi connectivity index (χ3v) is 6.55. The third kappa shape index (κ3) is 7.56. The Labute approximate surface area is 149 Å². The molecule has 0 aliphatic heterocycles. The van der Waals surface area contributed by atoms with E-state index in [9.17, 15) is 5.11 Å². The fourth-order valence-electron chi connectivity index (χ4n) is 1.84. The summed E-state index contributed by atoms with van der Waals surface area (Å²) in [5.41, 5.74) is 0. The van der Waals surface area contributed by atoms with Crippen LogP contribution in [-0.2, 0) is 5.11 Å².